The highest BCUT2D eigenvalue weighted by Gasteiger charge is 2.09. The van der Waals surface area contributed by atoms with Crippen molar-refractivity contribution in [3.63, 3.8) is 0 Å². The molecule has 0 heterocycles. The van der Waals surface area contributed by atoms with E-state index in [2.05, 4.69) is 41.7 Å². The number of hydrogen-bond donors (Lipinski definition) is 1. The Hall–Kier alpha value is -1.12. The summed E-state index contributed by atoms with van der Waals surface area (Å²) < 4.78 is 5.52. The lowest BCUT2D eigenvalue weighted by Gasteiger charge is -2.18. The zero-order valence-corrected chi connectivity index (χ0v) is 11.9. The van der Waals surface area contributed by atoms with Crippen LogP contribution in [-0.4, -0.2) is 13.2 Å². The van der Waals surface area contributed by atoms with Crippen molar-refractivity contribution in [2.75, 3.05) is 13.2 Å². The van der Waals surface area contributed by atoms with Gasteiger partial charge in [-0.1, -0.05) is 36.4 Å². The minimum Gasteiger partial charge on any atom is -0.377 e. The molecule has 1 N–H and O–H groups in total. The van der Waals surface area contributed by atoms with Gasteiger partial charge in [0.2, 0.25) is 0 Å². The first kappa shape index (κ1) is 14.3. The van der Waals surface area contributed by atoms with Crippen molar-refractivity contribution in [2.45, 2.75) is 39.3 Å². The van der Waals surface area contributed by atoms with E-state index >= 15 is 0 Å². The lowest BCUT2D eigenvalue weighted by atomic mass is 9.94. The maximum atomic E-state index is 5.52. The van der Waals surface area contributed by atoms with Crippen molar-refractivity contribution >= 4 is 0 Å². The summed E-state index contributed by atoms with van der Waals surface area (Å²) in [6, 6.07) is 8.55. The predicted octanol–water partition coefficient (Wildman–Crippen LogP) is 3.67. The molecule has 1 aromatic carbocycles. The number of hydrogen-bond acceptors (Lipinski definition) is 2. The Morgan fingerprint density at radius 3 is 2.79 bits per heavy atom. The minimum atomic E-state index is 0.723. The van der Waals surface area contributed by atoms with Crippen LogP contribution in [0.1, 0.15) is 37.3 Å². The average Bonchev–Trinajstić information content (AvgIpc) is 2.47. The first-order valence-corrected chi connectivity index (χ1v) is 7.40. The van der Waals surface area contributed by atoms with E-state index in [-0.39, 0.29) is 0 Å². The molecule has 2 nitrogen and oxygen atoms in total. The summed E-state index contributed by atoms with van der Waals surface area (Å²) in [6.07, 6.45) is 8.41. The van der Waals surface area contributed by atoms with E-state index in [0.717, 1.165) is 32.2 Å². The third-order valence-corrected chi connectivity index (χ3v) is 3.71. The summed E-state index contributed by atoms with van der Waals surface area (Å²) >= 11 is 0. The Morgan fingerprint density at radius 2 is 2.05 bits per heavy atom. The van der Waals surface area contributed by atoms with Gasteiger partial charge >= 0.3 is 0 Å². The van der Waals surface area contributed by atoms with Crippen molar-refractivity contribution in [3.8, 4) is 0 Å². The molecule has 0 fully saturated rings. The zero-order chi connectivity index (χ0) is 13.3. The van der Waals surface area contributed by atoms with Gasteiger partial charge in [0.25, 0.3) is 0 Å². The third kappa shape index (κ3) is 4.81. The summed E-state index contributed by atoms with van der Waals surface area (Å²) in [6.45, 7) is 5.60. The first-order valence-electron chi connectivity index (χ1n) is 7.40. The molecular formula is C17H25NO. The molecule has 19 heavy (non-hydrogen) atoms. The highest BCUT2D eigenvalue weighted by molar-refractivity contribution is 5.26. The van der Waals surface area contributed by atoms with E-state index in [4.69, 9.17) is 4.74 Å². The zero-order valence-electron chi connectivity index (χ0n) is 11.9. The molecule has 1 aliphatic rings. The van der Waals surface area contributed by atoms with E-state index in [9.17, 15) is 0 Å². The molecule has 2 rings (SSSR count). The summed E-state index contributed by atoms with van der Waals surface area (Å²) in [4.78, 5) is 0. The Balaban J connectivity index is 1.79. The van der Waals surface area contributed by atoms with Gasteiger partial charge in [-0.2, -0.15) is 0 Å². The molecule has 0 amide bonds. The quantitative estimate of drug-likeness (QED) is 0.754. The lowest BCUT2D eigenvalue weighted by molar-refractivity contribution is 0.133. The highest BCUT2D eigenvalue weighted by Crippen LogP contribution is 2.17. The fourth-order valence-corrected chi connectivity index (χ4v) is 2.54. The maximum absolute atomic E-state index is 5.52. The van der Waals surface area contributed by atoms with Crippen LogP contribution in [0.25, 0.3) is 0 Å². The fraction of sp³-hybridized carbons (Fsp3) is 0.529. The standard InChI is InChI=1S/C17H25NO/c1-2-19-14-17-11-7-6-10-16(17)13-18-12-15-8-4-3-5-9-15/h3-4,6-7,10-11,15,18H,2,5,8-9,12-14H2,1H3. The van der Waals surface area contributed by atoms with E-state index in [1.165, 1.54) is 30.4 Å². The van der Waals surface area contributed by atoms with Gasteiger partial charge in [-0.05, 0) is 49.8 Å². The van der Waals surface area contributed by atoms with Gasteiger partial charge in [-0.25, -0.2) is 0 Å². The first-order chi connectivity index (χ1) is 9.40. The van der Waals surface area contributed by atoms with Crippen molar-refractivity contribution in [2.24, 2.45) is 5.92 Å². The number of nitrogens with one attached hydrogen (secondary N) is 1. The summed E-state index contributed by atoms with van der Waals surface area (Å²) in [5.41, 5.74) is 2.67. The van der Waals surface area contributed by atoms with Crippen LogP contribution in [0.4, 0.5) is 0 Å². The highest BCUT2D eigenvalue weighted by atomic mass is 16.5. The minimum absolute atomic E-state index is 0.723. The second-order valence-corrected chi connectivity index (χ2v) is 5.19. The van der Waals surface area contributed by atoms with Gasteiger partial charge < -0.3 is 10.1 Å². The van der Waals surface area contributed by atoms with Crippen LogP contribution < -0.4 is 5.32 Å². The molecule has 0 saturated carbocycles. The number of rotatable bonds is 7. The molecule has 0 spiro atoms. The Morgan fingerprint density at radius 1 is 1.21 bits per heavy atom. The van der Waals surface area contributed by atoms with E-state index in [1.54, 1.807) is 0 Å². The Kier molecular flexibility index (Phi) is 6.12. The summed E-state index contributed by atoms with van der Waals surface area (Å²) in [7, 11) is 0. The van der Waals surface area contributed by atoms with Crippen LogP contribution in [0, 0.1) is 5.92 Å². The van der Waals surface area contributed by atoms with E-state index < -0.39 is 0 Å². The second-order valence-electron chi connectivity index (χ2n) is 5.19. The molecule has 1 unspecified atom stereocenters. The lowest BCUT2D eigenvalue weighted by Crippen LogP contribution is -2.23. The van der Waals surface area contributed by atoms with Crippen LogP contribution in [0.5, 0.6) is 0 Å². The summed E-state index contributed by atoms with van der Waals surface area (Å²) in [5, 5.41) is 3.60. The molecule has 1 aliphatic carbocycles. The van der Waals surface area contributed by atoms with Crippen molar-refractivity contribution in [1.29, 1.82) is 0 Å². The Bertz CT molecular complexity index is 400. The second kappa shape index (κ2) is 8.13. The predicted molar refractivity (Wildman–Crippen MR) is 80.0 cm³/mol. The van der Waals surface area contributed by atoms with Crippen molar-refractivity contribution < 1.29 is 4.74 Å². The van der Waals surface area contributed by atoms with Gasteiger partial charge in [-0.15, -0.1) is 0 Å². The number of ether oxygens (including phenoxy) is 1. The monoisotopic (exact) mass is 259 g/mol. The molecule has 1 aromatic rings. The fourth-order valence-electron chi connectivity index (χ4n) is 2.54. The average molecular weight is 259 g/mol. The van der Waals surface area contributed by atoms with Gasteiger partial charge in [0.15, 0.2) is 0 Å². The molecule has 0 saturated heterocycles. The molecule has 104 valence electrons. The summed E-state index contributed by atoms with van der Waals surface area (Å²) in [5.74, 6) is 0.809. The van der Waals surface area contributed by atoms with E-state index in [0.29, 0.717) is 0 Å². The molecule has 0 bridgehead atoms. The van der Waals surface area contributed by atoms with Gasteiger partial charge in [0, 0.05) is 13.2 Å². The van der Waals surface area contributed by atoms with Crippen LogP contribution in [0.15, 0.2) is 36.4 Å². The number of allylic oxidation sites excluding steroid dienone is 2. The smallest absolute Gasteiger partial charge is 0.0719 e. The SMILES string of the molecule is CCOCc1ccccc1CNCC1CC=CCC1. The van der Waals surface area contributed by atoms with Crippen LogP contribution >= 0.6 is 0 Å². The molecule has 0 aliphatic heterocycles. The number of benzene rings is 1. The van der Waals surface area contributed by atoms with Crippen molar-refractivity contribution in [1.82, 2.24) is 5.32 Å². The van der Waals surface area contributed by atoms with Gasteiger partial charge in [-0.3, -0.25) is 0 Å². The third-order valence-electron chi connectivity index (χ3n) is 3.71. The van der Waals surface area contributed by atoms with Crippen LogP contribution in [-0.2, 0) is 17.9 Å². The van der Waals surface area contributed by atoms with Crippen LogP contribution in [0.3, 0.4) is 0 Å². The maximum Gasteiger partial charge on any atom is 0.0719 e. The molecule has 2 heteroatoms. The van der Waals surface area contributed by atoms with Gasteiger partial charge in [0.05, 0.1) is 6.61 Å². The van der Waals surface area contributed by atoms with Crippen LogP contribution in [0.2, 0.25) is 0 Å². The molecule has 0 aromatic heterocycles. The molecular weight excluding hydrogens is 234 g/mol. The van der Waals surface area contributed by atoms with Gasteiger partial charge in [0.1, 0.15) is 0 Å². The van der Waals surface area contributed by atoms with Crippen molar-refractivity contribution in [3.05, 3.63) is 47.5 Å². The Labute approximate surface area is 116 Å². The topological polar surface area (TPSA) is 21.3 Å². The molecule has 0 radical (unpaired) electrons. The largest absolute Gasteiger partial charge is 0.377 e. The molecule has 1 atom stereocenters. The normalized spacial score (nSPS) is 18.7. The van der Waals surface area contributed by atoms with E-state index in [1.807, 2.05) is 6.92 Å².